The van der Waals surface area contributed by atoms with Crippen LogP contribution in [-0.4, -0.2) is 21.9 Å². The molecule has 0 aliphatic carbocycles. The molecule has 0 amide bonds. The molecular formula is C19H17ClN4O3. The molecule has 0 fully saturated rings. The molecule has 0 unspecified atom stereocenters. The molecule has 3 rings (SSSR count). The van der Waals surface area contributed by atoms with Crippen LogP contribution < -0.4 is 9.64 Å². The Morgan fingerprint density at radius 1 is 1.19 bits per heavy atom. The SMILES string of the molecule is Cc1cc(Oc2ncnc(N(C)Cc3ccccc3)c2[N+](=O)[O-])ccc1Cl. The maximum Gasteiger partial charge on any atom is 0.373 e. The van der Waals surface area contributed by atoms with Crippen molar-refractivity contribution in [2.75, 3.05) is 11.9 Å². The summed E-state index contributed by atoms with van der Waals surface area (Å²) in [5, 5.41) is 12.3. The third kappa shape index (κ3) is 4.32. The number of nitro groups is 1. The van der Waals surface area contributed by atoms with E-state index in [0.717, 1.165) is 11.1 Å². The number of aryl methyl sites for hydroxylation is 1. The van der Waals surface area contributed by atoms with Crippen molar-refractivity contribution in [3.8, 4) is 11.6 Å². The normalized spacial score (nSPS) is 10.5. The maximum atomic E-state index is 11.7. The fraction of sp³-hybridized carbons (Fsp3) is 0.158. The fourth-order valence-electron chi connectivity index (χ4n) is 2.59. The Bertz CT molecular complexity index is 966. The van der Waals surface area contributed by atoms with Crippen LogP contribution in [0.15, 0.2) is 54.9 Å². The second kappa shape index (κ2) is 8.01. The monoisotopic (exact) mass is 384 g/mol. The molecule has 0 radical (unpaired) electrons. The molecule has 0 aliphatic rings. The van der Waals surface area contributed by atoms with Crippen LogP contribution in [0.25, 0.3) is 0 Å². The zero-order valence-corrected chi connectivity index (χ0v) is 15.6. The summed E-state index contributed by atoms with van der Waals surface area (Å²) in [6.07, 6.45) is 1.25. The largest absolute Gasteiger partial charge is 0.434 e. The number of nitrogens with zero attached hydrogens (tertiary/aromatic N) is 4. The molecule has 0 N–H and O–H groups in total. The number of aromatic nitrogens is 2. The molecule has 0 aliphatic heterocycles. The number of anilines is 1. The average molecular weight is 385 g/mol. The number of benzene rings is 2. The molecular weight excluding hydrogens is 368 g/mol. The molecule has 0 saturated heterocycles. The summed E-state index contributed by atoms with van der Waals surface area (Å²) in [6.45, 7) is 2.28. The highest BCUT2D eigenvalue weighted by Crippen LogP contribution is 2.36. The minimum Gasteiger partial charge on any atom is -0.434 e. The molecule has 27 heavy (non-hydrogen) atoms. The third-order valence-electron chi connectivity index (χ3n) is 3.92. The second-order valence-corrected chi connectivity index (χ2v) is 6.37. The predicted octanol–water partition coefficient (Wildman–Crippen LogP) is 4.78. The van der Waals surface area contributed by atoms with Crippen LogP contribution in [0.4, 0.5) is 11.5 Å². The van der Waals surface area contributed by atoms with E-state index in [1.807, 2.05) is 37.3 Å². The standard InChI is InChI=1S/C19H17ClN4O3/c1-13-10-15(8-9-16(13)20)27-19-17(24(25)26)18(21-12-22-19)23(2)11-14-6-4-3-5-7-14/h3-10,12H,11H2,1-2H3. The quantitative estimate of drug-likeness (QED) is 0.449. The lowest BCUT2D eigenvalue weighted by molar-refractivity contribution is -0.385. The van der Waals surface area contributed by atoms with Crippen molar-refractivity contribution < 1.29 is 9.66 Å². The molecule has 138 valence electrons. The molecule has 0 saturated carbocycles. The van der Waals surface area contributed by atoms with E-state index in [2.05, 4.69) is 9.97 Å². The molecule has 7 nitrogen and oxygen atoms in total. The Kier molecular flexibility index (Phi) is 5.52. The first-order chi connectivity index (χ1) is 13.0. The Balaban J connectivity index is 1.94. The number of rotatable bonds is 6. The van der Waals surface area contributed by atoms with E-state index < -0.39 is 4.92 Å². The molecule has 8 heteroatoms. The third-order valence-corrected chi connectivity index (χ3v) is 4.34. The summed E-state index contributed by atoms with van der Waals surface area (Å²) >= 11 is 6.01. The van der Waals surface area contributed by atoms with Gasteiger partial charge in [0.05, 0.1) is 4.92 Å². The highest BCUT2D eigenvalue weighted by Gasteiger charge is 2.27. The van der Waals surface area contributed by atoms with Gasteiger partial charge >= 0.3 is 11.6 Å². The number of halogens is 1. The Morgan fingerprint density at radius 3 is 2.59 bits per heavy atom. The molecule has 0 bridgehead atoms. The lowest BCUT2D eigenvalue weighted by atomic mass is 10.2. The number of ether oxygens (including phenoxy) is 1. The Hall–Kier alpha value is -3.19. The highest BCUT2D eigenvalue weighted by atomic mass is 35.5. The van der Waals surface area contributed by atoms with E-state index in [4.69, 9.17) is 16.3 Å². The minimum atomic E-state index is -0.533. The van der Waals surface area contributed by atoms with E-state index in [-0.39, 0.29) is 17.4 Å². The van der Waals surface area contributed by atoms with Crippen molar-refractivity contribution >= 4 is 23.1 Å². The van der Waals surface area contributed by atoms with Crippen LogP contribution in [0.3, 0.4) is 0 Å². The summed E-state index contributed by atoms with van der Waals surface area (Å²) < 4.78 is 5.67. The van der Waals surface area contributed by atoms with Gasteiger partial charge in [0.15, 0.2) is 0 Å². The zero-order chi connectivity index (χ0) is 19.4. The molecule has 1 heterocycles. The van der Waals surface area contributed by atoms with Crippen LogP contribution in [0.1, 0.15) is 11.1 Å². The number of hydrogen-bond donors (Lipinski definition) is 0. The van der Waals surface area contributed by atoms with E-state index >= 15 is 0 Å². The van der Waals surface area contributed by atoms with Gasteiger partial charge in [-0.2, -0.15) is 4.98 Å². The van der Waals surface area contributed by atoms with Gasteiger partial charge in [-0.15, -0.1) is 0 Å². The summed E-state index contributed by atoms with van der Waals surface area (Å²) in [5.41, 5.74) is 1.51. The van der Waals surface area contributed by atoms with Crippen LogP contribution in [0, 0.1) is 17.0 Å². The second-order valence-electron chi connectivity index (χ2n) is 5.96. The van der Waals surface area contributed by atoms with Gasteiger partial charge in [-0.3, -0.25) is 10.1 Å². The van der Waals surface area contributed by atoms with Crippen molar-refractivity contribution in [1.29, 1.82) is 0 Å². The van der Waals surface area contributed by atoms with Crippen molar-refractivity contribution in [2.45, 2.75) is 13.5 Å². The molecule has 2 aromatic carbocycles. The number of hydrogen-bond acceptors (Lipinski definition) is 6. The van der Waals surface area contributed by atoms with E-state index in [1.54, 1.807) is 30.1 Å². The van der Waals surface area contributed by atoms with E-state index in [0.29, 0.717) is 17.3 Å². The van der Waals surface area contributed by atoms with Crippen molar-refractivity contribution in [2.24, 2.45) is 0 Å². The van der Waals surface area contributed by atoms with E-state index in [9.17, 15) is 10.1 Å². The Labute approximate surface area is 161 Å². The lowest BCUT2D eigenvalue weighted by Crippen LogP contribution is -2.19. The van der Waals surface area contributed by atoms with Crippen molar-refractivity contribution in [1.82, 2.24) is 9.97 Å². The van der Waals surface area contributed by atoms with Gasteiger partial charge in [0.1, 0.15) is 12.1 Å². The first-order valence-corrected chi connectivity index (χ1v) is 8.52. The van der Waals surface area contributed by atoms with Gasteiger partial charge in [-0.1, -0.05) is 41.9 Å². The highest BCUT2D eigenvalue weighted by molar-refractivity contribution is 6.31. The zero-order valence-electron chi connectivity index (χ0n) is 14.8. The molecule has 0 spiro atoms. The average Bonchev–Trinajstić information content (AvgIpc) is 2.65. The van der Waals surface area contributed by atoms with Gasteiger partial charge in [-0.25, -0.2) is 4.98 Å². The maximum absolute atomic E-state index is 11.7. The first kappa shape index (κ1) is 18.6. The lowest BCUT2D eigenvalue weighted by Gasteiger charge is -2.18. The first-order valence-electron chi connectivity index (χ1n) is 8.14. The minimum absolute atomic E-state index is 0.119. The van der Waals surface area contributed by atoms with Crippen LogP contribution in [0.2, 0.25) is 5.02 Å². The van der Waals surface area contributed by atoms with E-state index in [1.165, 1.54) is 6.33 Å². The van der Waals surface area contributed by atoms with Gasteiger partial charge < -0.3 is 9.64 Å². The summed E-state index contributed by atoms with van der Waals surface area (Å²) in [7, 11) is 1.73. The predicted molar refractivity (Wildman–Crippen MR) is 103 cm³/mol. The summed E-state index contributed by atoms with van der Waals surface area (Å²) in [4.78, 5) is 20.9. The molecule has 1 aromatic heterocycles. The Morgan fingerprint density at radius 2 is 1.93 bits per heavy atom. The van der Waals surface area contributed by atoms with Crippen LogP contribution >= 0.6 is 11.6 Å². The summed E-state index contributed by atoms with van der Waals surface area (Å²) in [6, 6.07) is 14.6. The smallest absolute Gasteiger partial charge is 0.373 e. The fourth-order valence-corrected chi connectivity index (χ4v) is 2.71. The van der Waals surface area contributed by atoms with Crippen molar-refractivity contribution in [3.63, 3.8) is 0 Å². The topological polar surface area (TPSA) is 81.4 Å². The van der Waals surface area contributed by atoms with Crippen molar-refractivity contribution in [3.05, 3.63) is 81.1 Å². The summed E-state index contributed by atoms with van der Waals surface area (Å²) in [5.74, 6) is 0.474. The van der Waals surface area contributed by atoms with Gasteiger partial charge in [0.25, 0.3) is 0 Å². The van der Waals surface area contributed by atoms with Crippen LogP contribution in [0.5, 0.6) is 11.6 Å². The van der Waals surface area contributed by atoms with Crippen LogP contribution in [-0.2, 0) is 6.54 Å². The molecule has 0 atom stereocenters. The van der Waals surface area contributed by atoms with Gasteiger partial charge in [-0.05, 0) is 36.2 Å². The van der Waals surface area contributed by atoms with Gasteiger partial charge in [0.2, 0.25) is 5.82 Å². The molecule has 3 aromatic rings. The van der Waals surface area contributed by atoms with Gasteiger partial charge in [0, 0.05) is 18.6 Å².